The lowest BCUT2D eigenvalue weighted by Crippen LogP contribution is -2.31. The van der Waals surface area contributed by atoms with E-state index in [0.29, 0.717) is 56.1 Å². The molecule has 0 fully saturated rings. The van der Waals surface area contributed by atoms with Crippen LogP contribution in [0.2, 0.25) is 15.1 Å². The number of carbonyl (C=O) groups is 1. The highest BCUT2D eigenvalue weighted by atomic mass is 35.5. The zero-order chi connectivity index (χ0) is 25.6. The molecule has 1 aliphatic rings. The minimum Gasteiger partial charge on any atom is -0.493 e. The molecule has 36 heavy (non-hydrogen) atoms. The molecular weight excluding hydrogens is 525 g/mol. The van der Waals surface area contributed by atoms with Crippen LogP contribution in [0.3, 0.4) is 0 Å². The van der Waals surface area contributed by atoms with Crippen molar-refractivity contribution in [3.8, 4) is 11.5 Å². The first-order valence-corrected chi connectivity index (χ1v) is 12.2. The van der Waals surface area contributed by atoms with Crippen LogP contribution in [0.5, 0.6) is 11.5 Å². The molecule has 184 valence electrons. The first-order valence-electron chi connectivity index (χ1n) is 11.1. The van der Waals surface area contributed by atoms with Gasteiger partial charge >= 0.3 is 0 Å². The molecule has 0 saturated heterocycles. The van der Waals surface area contributed by atoms with Gasteiger partial charge < -0.3 is 18.8 Å². The minimum absolute atomic E-state index is 0.0122. The van der Waals surface area contributed by atoms with Crippen molar-refractivity contribution in [3.05, 3.63) is 102 Å². The highest BCUT2D eigenvalue weighted by Crippen LogP contribution is 2.40. The molecule has 2 heterocycles. The molecule has 6 nitrogen and oxygen atoms in total. The highest BCUT2D eigenvalue weighted by molar-refractivity contribution is 6.42. The molecule has 1 atom stereocenters. The third-order valence-corrected chi connectivity index (χ3v) is 7.25. The first kappa shape index (κ1) is 24.5. The van der Waals surface area contributed by atoms with Crippen LogP contribution in [0.25, 0.3) is 11.0 Å². The molecule has 4 aromatic rings. The van der Waals surface area contributed by atoms with Gasteiger partial charge in [0.15, 0.2) is 16.9 Å². The van der Waals surface area contributed by atoms with Gasteiger partial charge in [-0.05, 0) is 60.0 Å². The average Bonchev–Trinajstić information content (AvgIpc) is 3.16. The summed E-state index contributed by atoms with van der Waals surface area (Å²) < 4.78 is 16.7. The standard InChI is InChI=1S/C27H20Cl3NO5/c1-34-21-7-3-14(11-22(21)35-2)9-10-31-24(15-4-6-18(29)19(30)12-15)23-25(32)17-13-16(28)5-8-20(17)36-26(23)27(31)33/h3-8,11-13,24H,9-10H2,1-2H3. The largest absolute Gasteiger partial charge is 0.493 e. The van der Waals surface area contributed by atoms with Crippen molar-refractivity contribution < 1.29 is 18.7 Å². The lowest BCUT2D eigenvalue weighted by molar-refractivity contribution is 0.0730. The Labute approximate surface area is 221 Å². The van der Waals surface area contributed by atoms with Crippen LogP contribution in [0.1, 0.15) is 33.3 Å². The molecule has 5 rings (SSSR count). The van der Waals surface area contributed by atoms with E-state index in [4.69, 9.17) is 48.7 Å². The molecule has 0 bridgehead atoms. The number of rotatable bonds is 6. The number of fused-ring (bicyclic) bond motifs is 2. The fourth-order valence-electron chi connectivity index (χ4n) is 4.54. The molecule has 3 aromatic carbocycles. The van der Waals surface area contributed by atoms with E-state index < -0.39 is 6.04 Å². The Bertz CT molecular complexity index is 1570. The molecule has 0 radical (unpaired) electrons. The molecule has 0 N–H and O–H groups in total. The number of ether oxygens (including phenoxy) is 2. The van der Waals surface area contributed by atoms with Gasteiger partial charge in [0.05, 0.1) is 41.3 Å². The van der Waals surface area contributed by atoms with Gasteiger partial charge in [0.25, 0.3) is 5.91 Å². The van der Waals surface area contributed by atoms with Crippen molar-refractivity contribution in [2.45, 2.75) is 12.5 Å². The van der Waals surface area contributed by atoms with Gasteiger partial charge in [0.1, 0.15) is 5.58 Å². The second-order valence-corrected chi connectivity index (χ2v) is 9.58. The second-order valence-electron chi connectivity index (χ2n) is 8.33. The van der Waals surface area contributed by atoms with Gasteiger partial charge in [0, 0.05) is 11.6 Å². The van der Waals surface area contributed by atoms with Crippen LogP contribution in [0.4, 0.5) is 0 Å². The highest BCUT2D eigenvalue weighted by Gasteiger charge is 2.42. The van der Waals surface area contributed by atoms with Gasteiger partial charge in [0.2, 0.25) is 5.76 Å². The Morgan fingerprint density at radius 3 is 2.39 bits per heavy atom. The fourth-order valence-corrected chi connectivity index (χ4v) is 5.02. The number of methoxy groups -OCH3 is 2. The topological polar surface area (TPSA) is 69.0 Å². The van der Waals surface area contributed by atoms with E-state index in [1.807, 2.05) is 18.2 Å². The van der Waals surface area contributed by atoms with Crippen molar-refractivity contribution >= 4 is 51.7 Å². The van der Waals surface area contributed by atoms with Crippen molar-refractivity contribution in [2.24, 2.45) is 0 Å². The van der Waals surface area contributed by atoms with Crippen LogP contribution >= 0.6 is 34.8 Å². The Morgan fingerprint density at radius 2 is 1.67 bits per heavy atom. The first-order chi connectivity index (χ1) is 17.3. The second kappa shape index (κ2) is 9.69. The van der Waals surface area contributed by atoms with Gasteiger partial charge in [-0.1, -0.05) is 46.9 Å². The summed E-state index contributed by atoms with van der Waals surface area (Å²) in [5.41, 5.74) is 1.82. The quantitative estimate of drug-likeness (QED) is 0.275. The summed E-state index contributed by atoms with van der Waals surface area (Å²) >= 11 is 18.6. The molecule has 1 aliphatic heterocycles. The predicted molar refractivity (Wildman–Crippen MR) is 140 cm³/mol. The maximum atomic E-state index is 13.6. The van der Waals surface area contributed by atoms with E-state index in [0.717, 1.165) is 5.56 Å². The zero-order valence-corrected chi connectivity index (χ0v) is 21.6. The molecule has 0 spiro atoms. The lowest BCUT2D eigenvalue weighted by Gasteiger charge is -2.25. The minimum atomic E-state index is -0.706. The van der Waals surface area contributed by atoms with E-state index in [2.05, 4.69) is 0 Å². The van der Waals surface area contributed by atoms with Crippen LogP contribution in [0, 0.1) is 0 Å². The Balaban J connectivity index is 1.61. The Hall–Kier alpha value is -3.19. The number of nitrogens with zero attached hydrogens (tertiary/aromatic N) is 1. The van der Waals surface area contributed by atoms with E-state index >= 15 is 0 Å². The lowest BCUT2D eigenvalue weighted by atomic mass is 9.98. The normalized spacial score (nSPS) is 14.9. The SMILES string of the molecule is COc1ccc(CCN2C(=O)c3oc4ccc(Cl)cc4c(=O)c3C2c2ccc(Cl)c(Cl)c2)cc1OC. The number of halogens is 3. The number of hydrogen-bond acceptors (Lipinski definition) is 5. The summed E-state index contributed by atoms with van der Waals surface area (Å²) in [6.07, 6.45) is 0.497. The number of amides is 1. The molecule has 1 unspecified atom stereocenters. The summed E-state index contributed by atoms with van der Waals surface area (Å²) in [5, 5.41) is 1.40. The summed E-state index contributed by atoms with van der Waals surface area (Å²) in [7, 11) is 3.14. The van der Waals surface area contributed by atoms with Gasteiger partial charge in [-0.3, -0.25) is 9.59 Å². The third-order valence-electron chi connectivity index (χ3n) is 6.28. The van der Waals surface area contributed by atoms with Gasteiger partial charge in [-0.25, -0.2) is 0 Å². The van der Waals surface area contributed by atoms with Crippen LogP contribution in [-0.4, -0.2) is 31.6 Å². The monoisotopic (exact) mass is 543 g/mol. The van der Waals surface area contributed by atoms with Crippen LogP contribution in [-0.2, 0) is 6.42 Å². The molecular formula is C27H20Cl3NO5. The van der Waals surface area contributed by atoms with E-state index in [1.165, 1.54) is 0 Å². The summed E-state index contributed by atoms with van der Waals surface area (Å²) in [6.45, 7) is 0.306. The van der Waals surface area contributed by atoms with Crippen molar-refractivity contribution in [1.29, 1.82) is 0 Å². The van der Waals surface area contributed by atoms with Crippen LogP contribution < -0.4 is 14.9 Å². The molecule has 9 heteroatoms. The smallest absolute Gasteiger partial charge is 0.290 e. The molecule has 1 amide bonds. The molecule has 1 aromatic heterocycles. The Kier molecular flexibility index (Phi) is 6.60. The summed E-state index contributed by atoms with van der Waals surface area (Å²) in [4.78, 5) is 28.9. The molecule has 0 aliphatic carbocycles. The summed E-state index contributed by atoms with van der Waals surface area (Å²) in [5.74, 6) is 0.834. The number of benzene rings is 3. The maximum Gasteiger partial charge on any atom is 0.290 e. The van der Waals surface area contributed by atoms with Crippen molar-refractivity contribution in [1.82, 2.24) is 4.90 Å². The number of carbonyl (C=O) groups excluding carboxylic acids is 1. The third kappa shape index (κ3) is 4.19. The van der Waals surface area contributed by atoms with Crippen molar-refractivity contribution in [3.63, 3.8) is 0 Å². The molecule has 0 saturated carbocycles. The predicted octanol–water partition coefficient (Wildman–Crippen LogP) is 6.56. The van der Waals surface area contributed by atoms with E-state index in [1.54, 1.807) is 55.5 Å². The van der Waals surface area contributed by atoms with Gasteiger partial charge in [-0.15, -0.1) is 0 Å². The van der Waals surface area contributed by atoms with Crippen molar-refractivity contribution in [2.75, 3.05) is 20.8 Å². The maximum absolute atomic E-state index is 13.6. The zero-order valence-electron chi connectivity index (χ0n) is 19.3. The number of hydrogen-bond donors (Lipinski definition) is 0. The summed E-state index contributed by atoms with van der Waals surface area (Å²) in [6, 6.07) is 14.7. The van der Waals surface area contributed by atoms with Crippen LogP contribution in [0.15, 0.2) is 63.8 Å². The van der Waals surface area contributed by atoms with E-state index in [9.17, 15) is 9.59 Å². The average molecular weight is 545 g/mol. The Morgan fingerprint density at radius 1 is 0.889 bits per heavy atom. The van der Waals surface area contributed by atoms with Gasteiger partial charge in [-0.2, -0.15) is 0 Å². The van der Waals surface area contributed by atoms with E-state index in [-0.39, 0.29) is 22.7 Å². The fraction of sp³-hybridized carbons (Fsp3) is 0.185.